The number of unbranched alkanes of at least 4 members (excludes halogenated alkanes) is 7. The first-order valence-corrected chi connectivity index (χ1v) is 14.1. The molecule has 0 amide bonds. The van der Waals surface area contributed by atoms with Crippen LogP contribution in [0, 0.1) is 0 Å². The summed E-state index contributed by atoms with van der Waals surface area (Å²) in [6.45, 7) is 7.70. The van der Waals surface area contributed by atoms with Gasteiger partial charge in [-0.15, -0.1) is 0 Å². The van der Waals surface area contributed by atoms with Gasteiger partial charge in [0.25, 0.3) is 0 Å². The number of aliphatic hydroxyl groups is 1. The highest BCUT2D eigenvalue weighted by Crippen LogP contribution is 2.25. The Morgan fingerprint density at radius 3 is 2.34 bits per heavy atom. The second kappa shape index (κ2) is 19.2. The van der Waals surface area contributed by atoms with Crippen LogP contribution in [0.3, 0.4) is 0 Å². The van der Waals surface area contributed by atoms with Gasteiger partial charge in [-0.1, -0.05) is 102 Å². The van der Waals surface area contributed by atoms with Gasteiger partial charge in [-0.2, -0.15) is 0 Å². The van der Waals surface area contributed by atoms with Crippen LogP contribution in [0.5, 0.6) is 5.75 Å². The van der Waals surface area contributed by atoms with Crippen molar-refractivity contribution in [3.05, 3.63) is 72.6 Å². The first kappa shape index (κ1) is 31.3. The number of benzene rings is 2. The summed E-state index contributed by atoms with van der Waals surface area (Å²) in [6, 6.07) is 17.9. The number of aromatic nitrogens is 1. The van der Waals surface area contributed by atoms with Gasteiger partial charge in [0, 0.05) is 30.4 Å². The van der Waals surface area contributed by atoms with E-state index in [9.17, 15) is 9.90 Å². The molecule has 0 radical (unpaired) electrons. The van der Waals surface area contributed by atoms with Crippen molar-refractivity contribution in [2.75, 3.05) is 19.8 Å². The summed E-state index contributed by atoms with van der Waals surface area (Å²) in [5.41, 5.74) is 0.530. The van der Waals surface area contributed by atoms with E-state index < -0.39 is 6.10 Å². The molecule has 0 saturated carbocycles. The Bertz CT molecular complexity index is 1020. The van der Waals surface area contributed by atoms with Gasteiger partial charge < -0.3 is 19.9 Å². The largest absolute Gasteiger partial charge is 0.490 e. The summed E-state index contributed by atoms with van der Waals surface area (Å²) < 4.78 is 10.9. The summed E-state index contributed by atoms with van der Waals surface area (Å²) in [7, 11) is 0. The van der Waals surface area contributed by atoms with E-state index in [1.54, 1.807) is 18.3 Å². The molecule has 0 aliphatic heterocycles. The molecule has 208 valence electrons. The summed E-state index contributed by atoms with van der Waals surface area (Å²) in [5.74, 6) is 0.553. The number of esters is 1. The zero-order chi connectivity index (χ0) is 27.4. The monoisotopic (exact) mass is 522 g/mol. The number of ether oxygens (including phenoxy) is 2. The molecule has 1 unspecified atom stereocenters. The number of hydrogen-bond acceptors (Lipinski definition) is 6. The molecule has 0 aliphatic rings. The van der Waals surface area contributed by atoms with Crippen molar-refractivity contribution in [2.45, 2.75) is 84.3 Å². The van der Waals surface area contributed by atoms with Crippen molar-refractivity contribution < 1.29 is 19.4 Å². The van der Waals surface area contributed by atoms with E-state index in [0.717, 1.165) is 29.4 Å². The third kappa shape index (κ3) is 13.0. The number of hydrogen-bond donors (Lipinski definition) is 2. The average molecular weight is 523 g/mol. The number of carbonyl (C=O) groups excluding carboxylic acids is 1. The first-order chi connectivity index (χ1) is 18.5. The second-order valence-electron chi connectivity index (χ2n) is 9.86. The molecule has 3 rings (SSSR count). The maximum atomic E-state index is 11.6. The fourth-order valence-corrected chi connectivity index (χ4v) is 3.91. The van der Waals surface area contributed by atoms with E-state index in [0.29, 0.717) is 31.4 Å². The van der Waals surface area contributed by atoms with E-state index in [-0.39, 0.29) is 5.97 Å². The second-order valence-corrected chi connectivity index (χ2v) is 9.86. The van der Waals surface area contributed by atoms with Gasteiger partial charge in [-0.3, -0.25) is 4.98 Å². The lowest BCUT2D eigenvalue weighted by molar-refractivity contribution is 0.0497. The number of fused-ring (bicyclic) bond motifs is 1. The van der Waals surface area contributed by atoms with Crippen LogP contribution in [0.25, 0.3) is 10.8 Å². The summed E-state index contributed by atoms with van der Waals surface area (Å²) in [4.78, 5) is 15.5. The smallest absolute Gasteiger partial charge is 0.339 e. The van der Waals surface area contributed by atoms with Crippen LogP contribution < -0.4 is 10.1 Å². The minimum Gasteiger partial charge on any atom is -0.490 e. The lowest BCUT2D eigenvalue weighted by Crippen LogP contribution is -2.35. The van der Waals surface area contributed by atoms with Gasteiger partial charge in [-0.25, -0.2) is 4.79 Å². The minimum atomic E-state index is -0.499. The third-order valence-corrected chi connectivity index (χ3v) is 6.07. The number of pyridine rings is 1. The van der Waals surface area contributed by atoms with E-state index in [1.807, 2.05) is 30.3 Å². The van der Waals surface area contributed by atoms with Crippen LogP contribution in [-0.4, -0.2) is 48.0 Å². The van der Waals surface area contributed by atoms with Gasteiger partial charge in [0.1, 0.15) is 18.5 Å². The standard InChI is InChI=1S/C16H21NO2.C16H25NO2/c1-12(2)17-10-14(18)11-19-16-9-5-7-13-6-3-4-8-15(13)16;1-2-3-4-5-6-7-8-9-13-19-16(18)15-11-10-12-17-14-15/h3-9,12,14,17-18H,10-11H2,1-2H3;10-12,14H,2-9,13H2,1H3. The maximum Gasteiger partial charge on any atom is 0.339 e. The van der Waals surface area contributed by atoms with E-state index in [1.165, 1.54) is 44.7 Å². The molecule has 1 heterocycles. The molecule has 1 atom stereocenters. The Morgan fingerprint density at radius 1 is 0.921 bits per heavy atom. The average Bonchev–Trinajstić information content (AvgIpc) is 2.94. The molecule has 3 aromatic rings. The van der Waals surface area contributed by atoms with E-state index in [4.69, 9.17) is 9.47 Å². The molecule has 0 aliphatic carbocycles. The first-order valence-electron chi connectivity index (χ1n) is 14.1. The highest BCUT2D eigenvalue weighted by Gasteiger charge is 2.08. The molecule has 0 fully saturated rings. The Kier molecular flexibility index (Phi) is 15.8. The Hall–Kier alpha value is -2.96. The summed E-state index contributed by atoms with van der Waals surface area (Å²) in [5, 5.41) is 15.3. The van der Waals surface area contributed by atoms with Crippen LogP contribution in [0.15, 0.2) is 67.0 Å². The van der Waals surface area contributed by atoms with Crippen LogP contribution in [0.1, 0.15) is 82.5 Å². The fourth-order valence-electron chi connectivity index (χ4n) is 3.91. The van der Waals surface area contributed by atoms with Crippen molar-refractivity contribution in [3.63, 3.8) is 0 Å². The normalized spacial score (nSPS) is 11.6. The number of carbonyl (C=O) groups is 1. The molecule has 0 saturated heterocycles. The van der Waals surface area contributed by atoms with E-state index in [2.05, 4.69) is 43.2 Å². The summed E-state index contributed by atoms with van der Waals surface area (Å²) in [6.07, 6.45) is 12.7. The number of aliphatic hydroxyl groups excluding tert-OH is 1. The SMILES string of the molecule is CC(C)NCC(O)COc1cccc2ccccc12.CCCCCCCCCCOC(=O)c1cccnc1. The molecule has 6 nitrogen and oxygen atoms in total. The molecular formula is C32H46N2O4. The van der Waals surface area contributed by atoms with Crippen molar-refractivity contribution in [3.8, 4) is 5.75 Å². The van der Waals surface area contributed by atoms with Gasteiger partial charge in [0.05, 0.1) is 12.2 Å². The molecular weight excluding hydrogens is 476 g/mol. The van der Waals surface area contributed by atoms with Crippen LogP contribution in [-0.2, 0) is 4.74 Å². The third-order valence-electron chi connectivity index (χ3n) is 6.07. The fraction of sp³-hybridized carbons (Fsp3) is 0.500. The lowest BCUT2D eigenvalue weighted by Gasteiger charge is -2.15. The maximum absolute atomic E-state index is 11.6. The molecule has 0 bridgehead atoms. The molecule has 2 N–H and O–H groups in total. The van der Waals surface area contributed by atoms with Crippen LogP contribution in [0.4, 0.5) is 0 Å². The van der Waals surface area contributed by atoms with Crippen molar-refractivity contribution in [1.82, 2.24) is 10.3 Å². The minimum absolute atomic E-state index is 0.268. The Balaban J connectivity index is 0.000000267. The number of nitrogens with zero attached hydrogens (tertiary/aromatic N) is 1. The molecule has 6 heteroatoms. The van der Waals surface area contributed by atoms with Gasteiger partial charge >= 0.3 is 5.97 Å². The van der Waals surface area contributed by atoms with Crippen molar-refractivity contribution >= 4 is 16.7 Å². The van der Waals surface area contributed by atoms with Crippen molar-refractivity contribution in [2.24, 2.45) is 0 Å². The molecule has 0 spiro atoms. The molecule has 2 aromatic carbocycles. The van der Waals surface area contributed by atoms with Crippen molar-refractivity contribution in [1.29, 1.82) is 0 Å². The predicted octanol–water partition coefficient (Wildman–Crippen LogP) is 6.96. The zero-order valence-corrected chi connectivity index (χ0v) is 23.4. The summed E-state index contributed by atoms with van der Waals surface area (Å²) >= 11 is 0. The topological polar surface area (TPSA) is 80.7 Å². The van der Waals surface area contributed by atoms with Gasteiger partial charge in [-0.05, 0) is 30.0 Å². The van der Waals surface area contributed by atoms with Crippen LogP contribution in [0.2, 0.25) is 0 Å². The molecule has 38 heavy (non-hydrogen) atoms. The Labute approximate surface area is 228 Å². The van der Waals surface area contributed by atoms with Crippen LogP contribution >= 0.6 is 0 Å². The number of nitrogens with one attached hydrogen (secondary N) is 1. The van der Waals surface area contributed by atoms with E-state index >= 15 is 0 Å². The highest BCUT2D eigenvalue weighted by atomic mass is 16.5. The van der Waals surface area contributed by atoms with Gasteiger partial charge in [0.15, 0.2) is 0 Å². The zero-order valence-electron chi connectivity index (χ0n) is 23.4. The number of rotatable bonds is 16. The predicted molar refractivity (Wildman–Crippen MR) is 156 cm³/mol. The molecule has 1 aromatic heterocycles. The lowest BCUT2D eigenvalue weighted by atomic mass is 10.1. The van der Waals surface area contributed by atoms with Gasteiger partial charge in [0.2, 0.25) is 0 Å². The Morgan fingerprint density at radius 2 is 1.63 bits per heavy atom. The highest BCUT2D eigenvalue weighted by molar-refractivity contribution is 5.89. The quantitative estimate of drug-likeness (QED) is 0.156.